The highest BCUT2D eigenvalue weighted by Crippen LogP contribution is 2.48. The van der Waals surface area contributed by atoms with E-state index in [1.807, 2.05) is 23.9 Å². The van der Waals surface area contributed by atoms with Gasteiger partial charge in [0, 0.05) is 42.3 Å². The van der Waals surface area contributed by atoms with E-state index in [0.717, 1.165) is 54.6 Å². The molecular formula is C22H27ClN8O2S. The highest BCUT2D eigenvalue weighted by molar-refractivity contribution is 7.99. The quantitative estimate of drug-likeness (QED) is 0.433. The van der Waals surface area contributed by atoms with Gasteiger partial charge < -0.3 is 15.7 Å². The number of rotatable bonds is 6. The summed E-state index contributed by atoms with van der Waals surface area (Å²) in [6.07, 6.45) is 5.32. The number of aryl methyl sites for hydroxylation is 1. The number of piperidine rings is 1. The highest BCUT2D eigenvalue weighted by Gasteiger charge is 2.47. The van der Waals surface area contributed by atoms with E-state index in [2.05, 4.69) is 20.5 Å². The van der Waals surface area contributed by atoms with Crippen molar-refractivity contribution < 1.29 is 9.94 Å². The van der Waals surface area contributed by atoms with Gasteiger partial charge in [-0.3, -0.25) is 9.52 Å². The average molecular weight is 503 g/mol. The molecule has 0 bridgehead atoms. The first-order chi connectivity index (χ1) is 16.5. The Balaban J connectivity index is 1.35. The second-order valence-electron chi connectivity index (χ2n) is 8.66. The minimum absolute atomic E-state index is 0.0105. The number of pyridine rings is 1. The van der Waals surface area contributed by atoms with Crippen LogP contribution in [0.2, 0.25) is 5.02 Å². The third-order valence-corrected chi connectivity index (χ3v) is 8.37. The molecule has 34 heavy (non-hydrogen) atoms. The molecular weight excluding hydrogens is 476 g/mol. The van der Waals surface area contributed by atoms with Crippen molar-refractivity contribution in [3.63, 3.8) is 0 Å². The fraction of sp³-hybridized carbons (Fsp3) is 0.455. The van der Waals surface area contributed by atoms with E-state index >= 15 is 0 Å². The molecule has 0 saturated carbocycles. The molecule has 10 nitrogen and oxygen atoms in total. The standard InChI is InChI=1S/C22H27ClN8O2S/c1-13-21(34-16-4-7-25-19(17(16)23)29-33-2)28-14(11-32)20(27-13)30-9-5-22(6-10-30)12-31-15(18(22)24)3-8-26-31/h3-4,7-8,18,32H,5-6,9-12,24H2,1-2H3,(H,25,29)/t18-/m0/s1. The largest absolute Gasteiger partial charge is 0.390 e. The lowest BCUT2D eigenvalue weighted by Gasteiger charge is -2.42. The van der Waals surface area contributed by atoms with Gasteiger partial charge in [-0.25, -0.2) is 20.4 Å². The van der Waals surface area contributed by atoms with Crippen molar-refractivity contribution in [2.75, 3.05) is 30.6 Å². The SMILES string of the molecule is CONc1nccc(Sc2nc(CO)c(N3CCC4(CC3)Cn3nccc3[C@@H]4N)nc2C)c1Cl. The Bertz CT molecular complexity index is 1200. The smallest absolute Gasteiger partial charge is 0.169 e. The number of halogens is 1. The van der Waals surface area contributed by atoms with Crippen LogP contribution in [0.1, 0.15) is 36.0 Å². The summed E-state index contributed by atoms with van der Waals surface area (Å²) in [6.45, 7) is 4.17. The van der Waals surface area contributed by atoms with Crippen molar-refractivity contribution in [3.05, 3.63) is 46.6 Å². The molecule has 1 fully saturated rings. The number of aliphatic hydroxyl groups is 1. The predicted molar refractivity (Wildman–Crippen MR) is 130 cm³/mol. The third-order valence-electron chi connectivity index (χ3n) is 6.74. The first-order valence-corrected chi connectivity index (χ1v) is 12.3. The summed E-state index contributed by atoms with van der Waals surface area (Å²) in [6, 6.07) is 3.81. The molecule has 3 aromatic rings. The Morgan fingerprint density at radius 3 is 2.79 bits per heavy atom. The van der Waals surface area contributed by atoms with Gasteiger partial charge in [0.25, 0.3) is 0 Å². The second-order valence-corrected chi connectivity index (χ2v) is 10.1. The Morgan fingerprint density at radius 2 is 2.09 bits per heavy atom. The molecule has 1 atom stereocenters. The van der Waals surface area contributed by atoms with Gasteiger partial charge in [-0.1, -0.05) is 23.4 Å². The molecule has 4 N–H and O–H groups in total. The molecule has 0 aromatic carbocycles. The maximum absolute atomic E-state index is 10.1. The van der Waals surface area contributed by atoms with E-state index in [9.17, 15) is 5.11 Å². The molecule has 0 unspecified atom stereocenters. The molecule has 2 aliphatic heterocycles. The summed E-state index contributed by atoms with van der Waals surface area (Å²) in [5.41, 5.74) is 11.7. The van der Waals surface area contributed by atoms with Gasteiger partial charge in [0.2, 0.25) is 0 Å². The summed E-state index contributed by atoms with van der Waals surface area (Å²) >= 11 is 7.84. The first kappa shape index (κ1) is 23.3. The molecule has 1 saturated heterocycles. The first-order valence-electron chi connectivity index (χ1n) is 11.1. The Kier molecular flexibility index (Phi) is 6.38. The monoisotopic (exact) mass is 502 g/mol. The van der Waals surface area contributed by atoms with E-state index in [4.69, 9.17) is 32.1 Å². The van der Waals surface area contributed by atoms with Crippen LogP contribution in [0.5, 0.6) is 0 Å². The van der Waals surface area contributed by atoms with Crippen LogP contribution in [-0.4, -0.2) is 50.0 Å². The molecule has 3 aromatic heterocycles. The maximum atomic E-state index is 10.1. The molecule has 0 radical (unpaired) electrons. The fourth-order valence-corrected chi connectivity index (χ4v) is 5.98. The van der Waals surface area contributed by atoms with Crippen LogP contribution in [-0.2, 0) is 18.0 Å². The minimum Gasteiger partial charge on any atom is -0.390 e. The van der Waals surface area contributed by atoms with Gasteiger partial charge in [0.1, 0.15) is 10.7 Å². The van der Waals surface area contributed by atoms with Crippen LogP contribution >= 0.6 is 23.4 Å². The summed E-state index contributed by atoms with van der Waals surface area (Å²) in [5.74, 6) is 1.15. The van der Waals surface area contributed by atoms with Crippen LogP contribution in [0.3, 0.4) is 0 Å². The average Bonchev–Trinajstić information content (AvgIpc) is 3.39. The van der Waals surface area contributed by atoms with Gasteiger partial charge >= 0.3 is 0 Å². The molecule has 1 spiro atoms. The highest BCUT2D eigenvalue weighted by atomic mass is 35.5. The van der Waals surface area contributed by atoms with Gasteiger partial charge in [-0.15, -0.1) is 0 Å². The second kappa shape index (κ2) is 9.31. The van der Waals surface area contributed by atoms with Crippen LogP contribution in [0.4, 0.5) is 11.6 Å². The molecule has 180 valence electrons. The fourth-order valence-electron chi connectivity index (χ4n) is 4.84. The van der Waals surface area contributed by atoms with Gasteiger partial charge in [0.15, 0.2) is 11.6 Å². The summed E-state index contributed by atoms with van der Waals surface area (Å²) in [5, 5.41) is 15.6. The topological polar surface area (TPSA) is 127 Å². The molecule has 2 aliphatic rings. The van der Waals surface area contributed by atoms with E-state index in [1.54, 1.807) is 12.3 Å². The number of nitrogens with zero attached hydrogens (tertiary/aromatic N) is 6. The zero-order chi connectivity index (χ0) is 23.9. The minimum atomic E-state index is -0.201. The van der Waals surface area contributed by atoms with Crippen molar-refractivity contribution in [1.29, 1.82) is 0 Å². The number of nitrogens with two attached hydrogens (primary N) is 1. The number of aromatic nitrogens is 5. The van der Waals surface area contributed by atoms with Crippen molar-refractivity contribution in [2.24, 2.45) is 11.1 Å². The molecule has 5 rings (SSSR count). The van der Waals surface area contributed by atoms with Crippen molar-refractivity contribution in [1.82, 2.24) is 24.7 Å². The number of nitrogens with one attached hydrogen (secondary N) is 1. The lowest BCUT2D eigenvalue weighted by molar-refractivity contribution is 0.170. The predicted octanol–water partition coefficient (Wildman–Crippen LogP) is 2.95. The molecule has 0 amide bonds. The van der Waals surface area contributed by atoms with E-state index in [0.29, 0.717) is 21.6 Å². The Morgan fingerprint density at radius 1 is 1.29 bits per heavy atom. The lowest BCUT2D eigenvalue weighted by atomic mass is 9.73. The number of hydrogen-bond acceptors (Lipinski definition) is 10. The van der Waals surface area contributed by atoms with Gasteiger partial charge in [-0.2, -0.15) is 5.10 Å². The van der Waals surface area contributed by atoms with Crippen LogP contribution in [0.25, 0.3) is 0 Å². The van der Waals surface area contributed by atoms with E-state index in [1.165, 1.54) is 18.9 Å². The number of aliphatic hydroxyl groups excluding tert-OH is 1. The summed E-state index contributed by atoms with van der Waals surface area (Å²) < 4.78 is 2.03. The van der Waals surface area contributed by atoms with Crippen LogP contribution in [0.15, 0.2) is 34.4 Å². The van der Waals surface area contributed by atoms with Crippen molar-refractivity contribution in [3.8, 4) is 0 Å². The van der Waals surface area contributed by atoms with Crippen molar-refractivity contribution in [2.45, 2.75) is 48.9 Å². The maximum Gasteiger partial charge on any atom is 0.169 e. The Labute approximate surface area is 206 Å². The summed E-state index contributed by atoms with van der Waals surface area (Å²) in [4.78, 5) is 21.7. The number of anilines is 2. The van der Waals surface area contributed by atoms with E-state index < -0.39 is 0 Å². The number of hydrogen-bond donors (Lipinski definition) is 3. The van der Waals surface area contributed by atoms with Gasteiger partial charge in [-0.05, 0) is 31.9 Å². The van der Waals surface area contributed by atoms with Gasteiger partial charge in [0.05, 0.1) is 36.2 Å². The zero-order valence-electron chi connectivity index (χ0n) is 19.0. The van der Waals surface area contributed by atoms with Crippen LogP contribution in [0, 0.1) is 12.3 Å². The van der Waals surface area contributed by atoms with Crippen LogP contribution < -0.4 is 16.1 Å². The normalized spacial score (nSPS) is 19.0. The zero-order valence-corrected chi connectivity index (χ0v) is 20.6. The third kappa shape index (κ3) is 4.01. The van der Waals surface area contributed by atoms with E-state index in [-0.39, 0.29) is 18.1 Å². The Hall–Kier alpha value is -2.44. The molecule has 12 heteroatoms. The van der Waals surface area contributed by atoms with Crippen molar-refractivity contribution >= 4 is 35.0 Å². The molecule has 0 aliphatic carbocycles. The molecule has 5 heterocycles. The lowest BCUT2D eigenvalue weighted by Crippen LogP contribution is -2.45. The number of fused-ring (bicyclic) bond motifs is 1. The summed E-state index contributed by atoms with van der Waals surface area (Å²) in [7, 11) is 1.50.